The number of hydrogen-bond acceptors (Lipinski definition) is 3. The van der Waals surface area contributed by atoms with Gasteiger partial charge in [0.2, 0.25) is 0 Å². The first-order chi connectivity index (χ1) is 10.5. The van der Waals surface area contributed by atoms with E-state index in [9.17, 15) is 4.79 Å². The second-order valence-corrected chi connectivity index (χ2v) is 8.29. The standard InChI is InChI=1S/C17H23Cl2NOS/c1-20(2)9-4-10-22-16(12-21)17(7-3-8-17)13-5-6-14(18)15(19)11-13/h5-6,11-12,16H,3-4,7-10H2,1-2H3. The number of carbonyl (C=O) groups excluding carboxylic acids is 1. The van der Waals surface area contributed by atoms with Gasteiger partial charge in [-0.25, -0.2) is 0 Å². The average Bonchev–Trinajstić information content (AvgIpc) is 2.43. The third-order valence-corrected chi connectivity index (χ3v) is 6.64. The molecule has 122 valence electrons. The Balaban J connectivity index is 2.09. The molecule has 0 heterocycles. The number of hydrogen-bond donors (Lipinski definition) is 0. The van der Waals surface area contributed by atoms with Crippen molar-refractivity contribution in [3.63, 3.8) is 0 Å². The minimum atomic E-state index is -0.0568. The largest absolute Gasteiger partial charge is 0.309 e. The highest BCUT2D eigenvalue weighted by molar-refractivity contribution is 8.00. The van der Waals surface area contributed by atoms with Crippen molar-refractivity contribution < 1.29 is 4.79 Å². The van der Waals surface area contributed by atoms with Crippen LogP contribution in [0.15, 0.2) is 18.2 Å². The summed E-state index contributed by atoms with van der Waals surface area (Å²) in [4.78, 5) is 13.9. The number of rotatable bonds is 8. The molecule has 1 aromatic carbocycles. The van der Waals surface area contributed by atoms with Crippen LogP contribution in [-0.4, -0.2) is 42.8 Å². The van der Waals surface area contributed by atoms with E-state index in [1.165, 1.54) is 6.42 Å². The predicted octanol–water partition coefficient (Wildman–Crippen LogP) is 4.67. The van der Waals surface area contributed by atoms with Gasteiger partial charge < -0.3 is 9.69 Å². The lowest BCUT2D eigenvalue weighted by atomic mass is 9.62. The first-order valence-corrected chi connectivity index (χ1v) is 9.47. The molecule has 22 heavy (non-hydrogen) atoms. The molecule has 1 aromatic rings. The second kappa shape index (κ2) is 8.05. The van der Waals surface area contributed by atoms with Gasteiger partial charge in [-0.15, -0.1) is 11.8 Å². The molecule has 0 aliphatic heterocycles. The van der Waals surface area contributed by atoms with Crippen LogP contribution in [0.2, 0.25) is 10.0 Å². The average molecular weight is 360 g/mol. The van der Waals surface area contributed by atoms with Gasteiger partial charge in [0.1, 0.15) is 6.29 Å². The normalized spacial score (nSPS) is 18.0. The van der Waals surface area contributed by atoms with E-state index in [-0.39, 0.29) is 10.7 Å². The van der Waals surface area contributed by atoms with Gasteiger partial charge >= 0.3 is 0 Å². The fraction of sp³-hybridized carbons (Fsp3) is 0.588. The van der Waals surface area contributed by atoms with E-state index >= 15 is 0 Å². The molecule has 0 aromatic heterocycles. The fourth-order valence-electron chi connectivity index (χ4n) is 3.02. The smallest absolute Gasteiger partial charge is 0.133 e. The van der Waals surface area contributed by atoms with Crippen LogP contribution in [0.4, 0.5) is 0 Å². The summed E-state index contributed by atoms with van der Waals surface area (Å²) < 4.78 is 0. The van der Waals surface area contributed by atoms with E-state index in [0.29, 0.717) is 10.0 Å². The molecule has 0 bridgehead atoms. The van der Waals surface area contributed by atoms with Crippen molar-refractivity contribution >= 4 is 41.2 Å². The third-order valence-electron chi connectivity index (χ3n) is 4.46. The zero-order chi connectivity index (χ0) is 16.2. The number of thioether (sulfide) groups is 1. The highest BCUT2D eigenvalue weighted by Crippen LogP contribution is 2.50. The SMILES string of the molecule is CN(C)CCCSC(C=O)C1(c2ccc(Cl)c(Cl)c2)CCC1. The van der Waals surface area contributed by atoms with Crippen molar-refractivity contribution in [1.82, 2.24) is 4.90 Å². The number of aldehydes is 1. The monoisotopic (exact) mass is 359 g/mol. The van der Waals surface area contributed by atoms with E-state index < -0.39 is 0 Å². The van der Waals surface area contributed by atoms with E-state index in [1.54, 1.807) is 11.8 Å². The lowest BCUT2D eigenvalue weighted by molar-refractivity contribution is -0.109. The summed E-state index contributed by atoms with van der Waals surface area (Å²) in [5, 5.41) is 1.15. The third kappa shape index (κ3) is 4.00. The van der Waals surface area contributed by atoms with Crippen LogP contribution in [0.1, 0.15) is 31.2 Å². The van der Waals surface area contributed by atoms with Gasteiger partial charge in [-0.05, 0) is 63.4 Å². The first-order valence-electron chi connectivity index (χ1n) is 7.67. The van der Waals surface area contributed by atoms with Crippen molar-refractivity contribution in [2.75, 3.05) is 26.4 Å². The summed E-state index contributed by atoms with van der Waals surface area (Å²) in [6.45, 7) is 1.05. The molecule has 1 unspecified atom stereocenters. The predicted molar refractivity (Wildman–Crippen MR) is 97.5 cm³/mol. The first kappa shape index (κ1) is 18.1. The number of carbonyl (C=O) groups is 1. The van der Waals surface area contributed by atoms with Crippen molar-refractivity contribution in [2.24, 2.45) is 0 Å². The van der Waals surface area contributed by atoms with Crippen LogP contribution in [-0.2, 0) is 10.2 Å². The molecular weight excluding hydrogens is 337 g/mol. The summed E-state index contributed by atoms with van der Waals surface area (Å²) in [6.07, 6.45) is 5.49. The molecule has 1 fully saturated rings. The van der Waals surface area contributed by atoms with E-state index in [1.807, 2.05) is 18.2 Å². The molecule has 0 amide bonds. The molecular formula is C17H23Cl2NOS. The maximum Gasteiger partial charge on any atom is 0.133 e. The molecule has 1 atom stereocenters. The Morgan fingerprint density at radius 3 is 2.55 bits per heavy atom. The second-order valence-electron chi connectivity index (χ2n) is 6.22. The molecule has 0 radical (unpaired) electrons. The van der Waals surface area contributed by atoms with Gasteiger partial charge in [-0.2, -0.15) is 0 Å². The molecule has 0 spiro atoms. The van der Waals surface area contributed by atoms with Gasteiger partial charge in [0.05, 0.1) is 15.3 Å². The summed E-state index contributed by atoms with van der Waals surface area (Å²) in [5.74, 6) is 1.00. The number of nitrogens with zero attached hydrogens (tertiary/aromatic N) is 1. The summed E-state index contributed by atoms with van der Waals surface area (Å²) >= 11 is 14.0. The zero-order valence-corrected chi connectivity index (χ0v) is 15.5. The summed E-state index contributed by atoms with van der Waals surface area (Å²) in [5.41, 5.74) is 1.10. The molecule has 1 saturated carbocycles. The van der Waals surface area contributed by atoms with Crippen LogP contribution in [0, 0.1) is 0 Å². The molecule has 1 aliphatic carbocycles. The van der Waals surface area contributed by atoms with Crippen LogP contribution in [0.3, 0.4) is 0 Å². The van der Waals surface area contributed by atoms with Gasteiger partial charge in [0.25, 0.3) is 0 Å². The Labute approximate surface area is 147 Å². The maximum atomic E-state index is 11.7. The van der Waals surface area contributed by atoms with Crippen LogP contribution < -0.4 is 0 Å². The van der Waals surface area contributed by atoms with Crippen molar-refractivity contribution in [3.8, 4) is 0 Å². The molecule has 0 saturated heterocycles. The maximum absolute atomic E-state index is 11.7. The molecule has 2 rings (SSSR count). The van der Waals surface area contributed by atoms with Gasteiger partial charge in [-0.3, -0.25) is 0 Å². The minimum absolute atomic E-state index is 0.000606. The Morgan fingerprint density at radius 1 is 1.32 bits per heavy atom. The molecule has 0 N–H and O–H groups in total. The van der Waals surface area contributed by atoms with E-state index in [0.717, 1.165) is 43.4 Å². The van der Waals surface area contributed by atoms with Crippen LogP contribution in [0.25, 0.3) is 0 Å². The van der Waals surface area contributed by atoms with E-state index in [4.69, 9.17) is 23.2 Å². The van der Waals surface area contributed by atoms with Gasteiger partial charge in [0, 0.05) is 5.41 Å². The minimum Gasteiger partial charge on any atom is -0.309 e. The highest BCUT2D eigenvalue weighted by Gasteiger charge is 2.45. The van der Waals surface area contributed by atoms with Crippen molar-refractivity contribution in [2.45, 2.75) is 36.3 Å². The van der Waals surface area contributed by atoms with Crippen molar-refractivity contribution in [3.05, 3.63) is 33.8 Å². The fourth-order valence-corrected chi connectivity index (χ4v) is 4.64. The lowest BCUT2D eigenvalue weighted by Crippen LogP contribution is -2.45. The zero-order valence-electron chi connectivity index (χ0n) is 13.1. The van der Waals surface area contributed by atoms with E-state index in [2.05, 4.69) is 19.0 Å². The quantitative estimate of drug-likeness (QED) is 0.496. The van der Waals surface area contributed by atoms with Crippen LogP contribution >= 0.6 is 35.0 Å². The number of halogens is 2. The lowest BCUT2D eigenvalue weighted by Gasteiger charge is -2.46. The topological polar surface area (TPSA) is 20.3 Å². The van der Waals surface area contributed by atoms with Gasteiger partial charge in [-0.1, -0.05) is 35.7 Å². The highest BCUT2D eigenvalue weighted by atomic mass is 35.5. The molecule has 5 heteroatoms. The molecule has 1 aliphatic rings. The Kier molecular flexibility index (Phi) is 6.63. The summed E-state index contributed by atoms with van der Waals surface area (Å²) in [7, 11) is 4.15. The number of benzene rings is 1. The summed E-state index contributed by atoms with van der Waals surface area (Å²) in [6, 6.07) is 5.82. The Hall–Kier alpha value is -0.220. The Bertz CT molecular complexity index is 517. The Morgan fingerprint density at radius 2 is 2.05 bits per heavy atom. The van der Waals surface area contributed by atoms with Gasteiger partial charge in [0.15, 0.2) is 0 Å². The molecule has 2 nitrogen and oxygen atoms in total. The van der Waals surface area contributed by atoms with Crippen LogP contribution in [0.5, 0.6) is 0 Å². The van der Waals surface area contributed by atoms with Crippen molar-refractivity contribution in [1.29, 1.82) is 0 Å².